The molecule has 1 N–H and O–H groups in total. The smallest absolute Gasteiger partial charge is 0.407 e. The number of rotatable bonds is 1. The van der Waals surface area contributed by atoms with Gasteiger partial charge in [0.2, 0.25) is 5.91 Å². The number of carboxylic acid groups (broad SMARTS) is 1. The van der Waals surface area contributed by atoms with Crippen LogP contribution < -0.4 is 0 Å². The number of piperazine rings is 1. The number of amides is 2. The van der Waals surface area contributed by atoms with Crippen molar-refractivity contribution < 1.29 is 14.7 Å². The Morgan fingerprint density at radius 2 is 1.50 bits per heavy atom. The van der Waals surface area contributed by atoms with Gasteiger partial charge in [0.05, 0.1) is 0 Å². The fourth-order valence-corrected chi connectivity index (χ4v) is 2.82. The second kappa shape index (κ2) is 5.56. The third-order valence-electron chi connectivity index (χ3n) is 4.01. The minimum atomic E-state index is -0.818. The molecule has 0 aromatic rings. The molecule has 0 radical (unpaired) electrons. The van der Waals surface area contributed by atoms with Gasteiger partial charge < -0.3 is 14.9 Å². The zero-order valence-electron chi connectivity index (χ0n) is 10.8. The van der Waals surface area contributed by atoms with Gasteiger partial charge in [0.15, 0.2) is 0 Å². The van der Waals surface area contributed by atoms with E-state index in [4.69, 9.17) is 5.11 Å². The Labute approximate surface area is 107 Å². The van der Waals surface area contributed by atoms with Crippen molar-refractivity contribution in [3.05, 3.63) is 0 Å². The molecule has 2 amide bonds. The monoisotopic (exact) mass is 255 g/mol. The van der Waals surface area contributed by atoms with Gasteiger partial charge in [-0.05, 0) is 12.8 Å². The summed E-state index contributed by atoms with van der Waals surface area (Å²) in [5.41, 5.74) is 0. The summed E-state index contributed by atoms with van der Waals surface area (Å²) in [4.78, 5) is 27.8. The summed E-state index contributed by atoms with van der Waals surface area (Å²) in [6, 6.07) is 0.511. The van der Waals surface area contributed by atoms with Crippen LogP contribution in [0.15, 0.2) is 0 Å². The van der Waals surface area contributed by atoms with Gasteiger partial charge >= 0.3 is 6.09 Å². The zero-order valence-corrected chi connectivity index (χ0v) is 10.8. The number of nitrogens with zero attached hydrogens (tertiary/aromatic N) is 3. The quantitative estimate of drug-likeness (QED) is 0.731. The molecule has 2 aliphatic heterocycles. The number of likely N-dealkylation sites (tertiary alicyclic amines) is 1. The molecule has 2 heterocycles. The first-order valence-electron chi connectivity index (χ1n) is 6.55. The molecular formula is C12H21N3O3. The summed E-state index contributed by atoms with van der Waals surface area (Å²) in [7, 11) is 0. The van der Waals surface area contributed by atoms with Crippen molar-refractivity contribution in [2.24, 2.45) is 0 Å². The molecule has 2 saturated heterocycles. The Bertz CT molecular complexity index is 287. The van der Waals surface area contributed by atoms with E-state index in [1.807, 2.05) is 4.90 Å². The van der Waals surface area contributed by atoms with E-state index in [2.05, 4.69) is 4.90 Å². The van der Waals surface area contributed by atoms with Gasteiger partial charge in [-0.3, -0.25) is 9.69 Å². The summed E-state index contributed by atoms with van der Waals surface area (Å²) < 4.78 is 0. The van der Waals surface area contributed by atoms with E-state index in [-0.39, 0.29) is 5.91 Å². The molecule has 2 fully saturated rings. The van der Waals surface area contributed by atoms with E-state index in [0.717, 1.165) is 39.0 Å². The van der Waals surface area contributed by atoms with Gasteiger partial charge in [-0.15, -0.1) is 0 Å². The second-order valence-corrected chi connectivity index (χ2v) is 5.04. The normalized spacial score (nSPS) is 23.2. The van der Waals surface area contributed by atoms with Gasteiger partial charge in [-0.1, -0.05) is 0 Å². The molecule has 6 nitrogen and oxygen atoms in total. The Kier molecular flexibility index (Phi) is 4.06. The van der Waals surface area contributed by atoms with Crippen LogP contribution in [0.3, 0.4) is 0 Å². The van der Waals surface area contributed by atoms with Crippen molar-refractivity contribution >= 4 is 12.0 Å². The van der Waals surface area contributed by atoms with Gasteiger partial charge in [0, 0.05) is 52.2 Å². The molecule has 2 rings (SSSR count). The highest BCUT2D eigenvalue weighted by molar-refractivity contribution is 5.73. The van der Waals surface area contributed by atoms with Crippen LogP contribution >= 0.6 is 0 Å². The van der Waals surface area contributed by atoms with E-state index in [0.29, 0.717) is 19.1 Å². The first-order valence-corrected chi connectivity index (χ1v) is 6.55. The predicted molar refractivity (Wildman–Crippen MR) is 66.4 cm³/mol. The molecule has 102 valence electrons. The van der Waals surface area contributed by atoms with E-state index in [1.54, 1.807) is 6.92 Å². The lowest BCUT2D eigenvalue weighted by molar-refractivity contribution is -0.130. The molecule has 6 heteroatoms. The topological polar surface area (TPSA) is 64.1 Å². The second-order valence-electron chi connectivity index (χ2n) is 5.04. The Balaban J connectivity index is 1.78. The summed E-state index contributed by atoms with van der Waals surface area (Å²) >= 11 is 0. The minimum Gasteiger partial charge on any atom is -0.465 e. The number of carbonyl (C=O) groups excluding carboxylic acids is 1. The van der Waals surface area contributed by atoms with E-state index in [9.17, 15) is 9.59 Å². The van der Waals surface area contributed by atoms with E-state index in [1.165, 1.54) is 4.90 Å². The average Bonchev–Trinajstić information content (AvgIpc) is 2.39. The summed E-state index contributed by atoms with van der Waals surface area (Å²) in [6.07, 6.45) is 1.19. The Hall–Kier alpha value is -1.30. The average molecular weight is 255 g/mol. The van der Waals surface area contributed by atoms with Crippen molar-refractivity contribution in [2.45, 2.75) is 25.8 Å². The third-order valence-corrected chi connectivity index (χ3v) is 4.01. The summed E-state index contributed by atoms with van der Waals surface area (Å²) in [5, 5.41) is 8.89. The maximum atomic E-state index is 11.2. The molecule has 0 atom stereocenters. The molecule has 0 bridgehead atoms. The molecular weight excluding hydrogens is 234 g/mol. The lowest BCUT2D eigenvalue weighted by atomic mass is 10.0. The number of carbonyl (C=O) groups is 2. The lowest BCUT2D eigenvalue weighted by Crippen LogP contribution is -2.54. The number of piperidine rings is 1. The zero-order chi connectivity index (χ0) is 13.1. The Morgan fingerprint density at radius 3 is 1.94 bits per heavy atom. The van der Waals surface area contributed by atoms with Crippen molar-refractivity contribution in [3.8, 4) is 0 Å². The maximum Gasteiger partial charge on any atom is 0.407 e. The standard InChI is InChI=1S/C12H21N3O3/c1-10(16)13-4-2-11(3-5-13)14-6-8-15(9-7-14)12(17)18/h11H,2-9H2,1H3,(H,17,18). The molecule has 0 aromatic heterocycles. The highest BCUT2D eigenvalue weighted by atomic mass is 16.4. The largest absolute Gasteiger partial charge is 0.465 e. The number of hydrogen-bond donors (Lipinski definition) is 1. The highest BCUT2D eigenvalue weighted by Crippen LogP contribution is 2.18. The van der Waals surface area contributed by atoms with Crippen LogP contribution in [0.1, 0.15) is 19.8 Å². The van der Waals surface area contributed by atoms with Crippen molar-refractivity contribution in [3.63, 3.8) is 0 Å². The van der Waals surface area contributed by atoms with Crippen molar-refractivity contribution in [2.75, 3.05) is 39.3 Å². The van der Waals surface area contributed by atoms with Crippen LogP contribution in [0.4, 0.5) is 4.79 Å². The molecule has 0 unspecified atom stereocenters. The minimum absolute atomic E-state index is 0.157. The van der Waals surface area contributed by atoms with E-state index < -0.39 is 6.09 Å². The van der Waals surface area contributed by atoms with Crippen LogP contribution in [0, 0.1) is 0 Å². The lowest BCUT2D eigenvalue weighted by Gasteiger charge is -2.42. The first-order chi connectivity index (χ1) is 8.58. The molecule has 2 aliphatic rings. The number of hydrogen-bond acceptors (Lipinski definition) is 3. The molecule has 0 aromatic carbocycles. The molecule has 0 spiro atoms. The van der Waals surface area contributed by atoms with Crippen molar-refractivity contribution in [1.29, 1.82) is 0 Å². The summed E-state index contributed by atoms with van der Waals surface area (Å²) in [6.45, 7) is 6.11. The highest BCUT2D eigenvalue weighted by Gasteiger charge is 2.29. The summed E-state index contributed by atoms with van der Waals surface area (Å²) in [5.74, 6) is 0.157. The SMILES string of the molecule is CC(=O)N1CCC(N2CCN(C(=O)O)CC2)CC1. The van der Waals surface area contributed by atoms with Crippen molar-refractivity contribution in [1.82, 2.24) is 14.7 Å². The van der Waals surface area contributed by atoms with Crippen LogP contribution in [-0.4, -0.2) is 77.1 Å². The van der Waals surface area contributed by atoms with Gasteiger partial charge in [0.1, 0.15) is 0 Å². The first kappa shape index (κ1) is 13.1. The molecule has 0 aliphatic carbocycles. The maximum absolute atomic E-state index is 11.2. The van der Waals surface area contributed by atoms with Crippen LogP contribution in [0.5, 0.6) is 0 Å². The van der Waals surface area contributed by atoms with Crippen LogP contribution in [0.2, 0.25) is 0 Å². The molecule has 0 saturated carbocycles. The van der Waals surface area contributed by atoms with Crippen LogP contribution in [0.25, 0.3) is 0 Å². The third kappa shape index (κ3) is 2.93. The van der Waals surface area contributed by atoms with Gasteiger partial charge in [-0.2, -0.15) is 0 Å². The fourth-order valence-electron chi connectivity index (χ4n) is 2.82. The van der Waals surface area contributed by atoms with E-state index >= 15 is 0 Å². The van der Waals surface area contributed by atoms with Crippen LogP contribution in [-0.2, 0) is 4.79 Å². The van der Waals surface area contributed by atoms with Gasteiger partial charge in [-0.25, -0.2) is 4.79 Å². The predicted octanol–water partition coefficient (Wildman–Crippen LogP) is 0.293. The fraction of sp³-hybridized carbons (Fsp3) is 0.833. The van der Waals surface area contributed by atoms with Gasteiger partial charge in [0.25, 0.3) is 0 Å². The molecule has 18 heavy (non-hydrogen) atoms. The Morgan fingerprint density at radius 1 is 0.944 bits per heavy atom.